The van der Waals surface area contributed by atoms with Gasteiger partial charge in [0.25, 0.3) is 6.55 Å². The number of nitrogens with one attached hydrogen (secondary N) is 1. The van der Waals surface area contributed by atoms with Gasteiger partial charge in [-0.25, -0.2) is 4.90 Å². The maximum atomic E-state index is 12.7. The fraction of sp³-hybridized carbons (Fsp3) is 0.286. The van der Waals surface area contributed by atoms with Gasteiger partial charge in [-0.3, -0.25) is 0 Å². The van der Waals surface area contributed by atoms with E-state index in [4.69, 9.17) is 0 Å². The lowest BCUT2D eigenvalue weighted by atomic mass is 10.1. The van der Waals surface area contributed by atoms with Gasteiger partial charge in [0.15, 0.2) is 0 Å². The number of aromatic amines is 1. The van der Waals surface area contributed by atoms with Gasteiger partial charge in [-0.1, -0.05) is 12.1 Å². The van der Waals surface area contributed by atoms with Crippen molar-refractivity contribution in [2.75, 3.05) is 13.1 Å². The number of aromatic nitrogens is 1. The molecule has 0 saturated heterocycles. The number of nitrogens with zero attached hydrogens (tertiary/aromatic N) is 1. The van der Waals surface area contributed by atoms with E-state index in [2.05, 4.69) is 11.6 Å². The van der Waals surface area contributed by atoms with Crippen LogP contribution in [0, 0.1) is 0 Å². The molecule has 0 fully saturated rings. The Kier molecular flexibility index (Phi) is 4.16. The number of benzene rings is 1. The number of alkyl halides is 2. The first-order valence-corrected chi connectivity index (χ1v) is 6.04. The van der Waals surface area contributed by atoms with Crippen molar-refractivity contribution in [3.8, 4) is 5.75 Å². The summed E-state index contributed by atoms with van der Waals surface area (Å²) < 4.78 is 25.5. The van der Waals surface area contributed by atoms with Crippen LogP contribution < -0.4 is 0 Å². The average Bonchev–Trinajstić information content (AvgIpc) is 2.79. The minimum Gasteiger partial charge on any atom is -0.507 e. The minimum atomic E-state index is -2.50. The fourth-order valence-electron chi connectivity index (χ4n) is 2.13. The molecule has 0 saturated carbocycles. The van der Waals surface area contributed by atoms with Crippen molar-refractivity contribution in [3.63, 3.8) is 0 Å². The van der Waals surface area contributed by atoms with E-state index in [1.165, 1.54) is 6.08 Å². The Hall–Kier alpha value is -1.88. The summed E-state index contributed by atoms with van der Waals surface area (Å²) in [5, 5.41) is 10.5. The average molecular weight is 266 g/mol. The summed E-state index contributed by atoms with van der Waals surface area (Å²) in [4.78, 5) is 4.06. The van der Waals surface area contributed by atoms with Crippen LogP contribution in [0.1, 0.15) is 5.56 Å². The SMILES string of the molecule is C=CCN(CCc1c[nH]c2cccc(O)c12)C(F)F. The van der Waals surface area contributed by atoms with Gasteiger partial charge in [-0.2, -0.15) is 8.78 Å². The second-order valence-corrected chi connectivity index (χ2v) is 4.32. The second-order valence-electron chi connectivity index (χ2n) is 4.32. The molecule has 2 rings (SSSR count). The third-order valence-electron chi connectivity index (χ3n) is 3.07. The first-order valence-electron chi connectivity index (χ1n) is 6.04. The number of hydrogen-bond donors (Lipinski definition) is 2. The van der Waals surface area contributed by atoms with Gasteiger partial charge in [-0.15, -0.1) is 6.58 Å². The molecule has 0 radical (unpaired) electrons. The highest BCUT2D eigenvalue weighted by Crippen LogP contribution is 2.28. The molecule has 1 aromatic carbocycles. The van der Waals surface area contributed by atoms with E-state index >= 15 is 0 Å². The van der Waals surface area contributed by atoms with Crippen LogP contribution in [0.2, 0.25) is 0 Å². The predicted octanol–water partition coefficient (Wildman–Crippen LogP) is 3.13. The predicted molar refractivity (Wildman–Crippen MR) is 71.4 cm³/mol. The van der Waals surface area contributed by atoms with Crippen molar-refractivity contribution in [2.24, 2.45) is 0 Å². The maximum Gasteiger partial charge on any atom is 0.295 e. The van der Waals surface area contributed by atoms with Gasteiger partial charge in [0.2, 0.25) is 0 Å². The summed E-state index contributed by atoms with van der Waals surface area (Å²) in [6, 6.07) is 5.17. The van der Waals surface area contributed by atoms with Gasteiger partial charge >= 0.3 is 0 Å². The number of halogens is 2. The molecule has 0 spiro atoms. The molecule has 0 unspecified atom stereocenters. The van der Waals surface area contributed by atoms with Gasteiger partial charge < -0.3 is 10.1 Å². The number of phenolic OH excluding ortho intramolecular Hbond substituents is 1. The molecular weight excluding hydrogens is 250 g/mol. The number of H-pyrrole nitrogens is 1. The smallest absolute Gasteiger partial charge is 0.295 e. The molecule has 1 heterocycles. The van der Waals surface area contributed by atoms with E-state index < -0.39 is 6.55 Å². The Balaban J connectivity index is 2.15. The highest BCUT2D eigenvalue weighted by atomic mass is 19.3. The van der Waals surface area contributed by atoms with Crippen molar-refractivity contribution in [1.29, 1.82) is 0 Å². The number of rotatable bonds is 6. The lowest BCUT2D eigenvalue weighted by Gasteiger charge is -2.18. The fourth-order valence-corrected chi connectivity index (χ4v) is 2.13. The van der Waals surface area contributed by atoms with Gasteiger partial charge in [0.05, 0.1) is 0 Å². The van der Waals surface area contributed by atoms with Crippen LogP contribution in [-0.2, 0) is 6.42 Å². The Morgan fingerprint density at radius 1 is 1.42 bits per heavy atom. The highest BCUT2D eigenvalue weighted by molar-refractivity contribution is 5.88. The largest absolute Gasteiger partial charge is 0.507 e. The first-order chi connectivity index (χ1) is 9.13. The zero-order chi connectivity index (χ0) is 13.8. The molecule has 0 aliphatic heterocycles. The second kappa shape index (κ2) is 5.84. The van der Waals surface area contributed by atoms with Crippen LogP contribution in [0.25, 0.3) is 10.9 Å². The number of phenols is 1. The monoisotopic (exact) mass is 266 g/mol. The molecule has 0 aliphatic rings. The minimum absolute atomic E-state index is 0.145. The summed E-state index contributed by atoms with van der Waals surface area (Å²) in [6.07, 6.45) is 3.65. The molecule has 3 nitrogen and oxygen atoms in total. The lowest BCUT2D eigenvalue weighted by molar-refractivity contribution is -0.0185. The van der Waals surface area contributed by atoms with Gasteiger partial charge in [-0.05, 0) is 24.1 Å². The van der Waals surface area contributed by atoms with Crippen molar-refractivity contribution >= 4 is 10.9 Å². The molecule has 0 atom stereocenters. The van der Waals surface area contributed by atoms with Crippen LogP contribution in [0.5, 0.6) is 5.75 Å². The molecule has 0 bridgehead atoms. The first kappa shape index (κ1) is 13.5. The third kappa shape index (κ3) is 2.93. The van der Waals surface area contributed by atoms with E-state index in [1.807, 2.05) is 6.07 Å². The topological polar surface area (TPSA) is 39.3 Å². The van der Waals surface area contributed by atoms with E-state index in [9.17, 15) is 13.9 Å². The zero-order valence-corrected chi connectivity index (χ0v) is 10.4. The van der Waals surface area contributed by atoms with E-state index in [1.54, 1.807) is 18.3 Å². The van der Waals surface area contributed by atoms with E-state index in [-0.39, 0.29) is 18.8 Å². The summed E-state index contributed by atoms with van der Waals surface area (Å²) in [5.41, 5.74) is 1.64. The van der Waals surface area contributed by atoms with E-state index in [0.717, 1.165) is 16.0 Å². The lowest BCUT2D eigenvalue weighted by Crippen LogP contribution is -2.31. The molecular formula is C14H16F2N2O. The standard InChI is InChI=1S/C14H16F2N2O/c1-2-7-18(14(15)16)8-6-10-9-17-11-4-3-5-12(19)13(10)11/h2-5,9,14,17,19H,1,6-8H2. The Morgan fingerprint density at radius 2 is 2.21 bits per heavy atom. The molecule has 5 heteroatoms. The third-order valence-corrected chi connectivity index (χ3v) is 3.07. The van der Waals surface area contributed by atoms with Crippen LogP contribution in [0.15, 0.2) is 37.1 Å². The summed E-state index contributed by atoms with van der Waals surface area (Å²) in [7, 11) is 0. The van der Waals surface area contributed by atoms with Crippen LogP contribution in [0.4, 0.5) is 8.78 Å². The van der Waals surface area contributed by atoms with Crippen LogP contribution in [0.3, 0.4) is 0 Å². The maximum absolute atomic E-state index is 12.7. The molecule has 2 aromatic rings. The molecule has 0 amide bonds. The van der Waals surface area contributed by atoms with Gasteiger partial charge in [0.1, 0.15) is 5.75 Å². The molecule has 0 aliphatic carbocycles. The Bertz CT molecular complexity index is 566. The number of fused-ring (bicyclic) bond motifs is 1. The quantitative estimate of drug-likeness (QED) is 0.623. The molecule has 19 heavy (non-hydrogen) atoms. The van der Waals surface area contributed by atoms with Crippen molar-refractivity contribution in [1.82, 2.24) is 9.88 Å². The van der Waals surface area contributed by atoms with Crippen molar-refractivity contribution in [3.05, 3.63) is 42.6 Å². The van der Waals surface area contributed by atoms with Gasteiger partial charge in [0, 0.05) is 30.2 Å². The van der Waals surface area contributed by atoms with Crippen molar-refractivity contribution in [2.45, 2.75) is 13.0 Å². The zero-order valence-electron chi connectivity index (χ0n) is 10.4. The summed E-state index contributed by atoms with van der Waals surface area (Å²) in [5.74, 6) is 0.168. The Morgan fingerprint density at radius 3 is 2.89 bits per heavy atom. The molecule has 102 valence electrons. The number of aromatic hydroxyl groups is 1. The normalized spacial score (nSPS) is 11.6. The molecule has 2 N–H and O–H groups in total. The summed E-state index contributed by atoms with van der Waals surface area (Å²) >= 11 is 0. The van der Waals surface area contributed by atoms with Crippen LogP contribution in [-0.4, -0.2) is 34.6 Å². The van der Waals surface area contributed by atoms with E-state index in [0.29, 0.717) is 11.8 Å². The van der Waals surface area contributed by atoms with Crippen LogP contribution >= 0.6 is 0 Å². The number of hydrogen-bond acceptors (Lipinski definition) is 2. The van der Waals surface area contributed by atoms with Crippen molar-refractivity contribution < 1.29 is 13.9 Å². The Labute approximate surface area is 110 Å². The summed E-state index contributed by atoms with van der Waals surface area (Å²) in [6.45, 7) is 1.33. The highest BCUT2D eigenvalue weighted by Gasteiger charge is 2.15. The molecule has 1 aromatic heterocycles.